The van der Waals surface area contributed by atoms with Crippen molar-refractivity contribution < 1.29 is 8.83 Å². The molecule has 0 unspecified atom stereocenters. The van der Waals surface area contributed by atoms with Gasteiger partial charge in [0.05, 0.1) is 11.0 Å². The van der Waals surface area contributed by atoms with Crippen molar-refractivity contribution in [2.45, 2.75) is 44.9 Å². The Kier molecular flexibility index (Phi) is 14.5. The van der Waals surface area contributed by atoms with Crippen LogP contribution in [0.2, 0.25) is 0 Å². The van der Waals surface area contributed by atoms with E-state index in [2.05, 4.69) is 309 Å². The lowest BCUT2D eigenvalue weighted by atomic mass is 9.82. The van der Waals surface area contributed by atoms with Crippen LogP contribution >= 0.6 is 15.9 Å². The van der Waals surface area contributed by atoms with Crippen molar-refractivity contribution >= 4 is 125 Å². The molecule has 7 nitrogen and oxygen atoms in total. The average molecular weight is 1490 g/mol. The van der Waals surface area contributed by atoms with Crippen LogP contribution in [0.1, 0.15) is 61.1 Å². The molecule has 0 saturated carbocycles. The fourth-order valence-corrected chi connectivity index (χ4v) is 18.7. The summed E-state index contributed by atoms with van der Waals surface area (Å²) in [6.07, 6.45) is 1.05. The largest absolute Gasteiger partial charge is 0.452 e. The van der Waals surface area contributed by atoms with E-state index >= 15 is 0 Å². The van der Waals surface area contributed by atoms with Crippen molar-refractivity contribution in [1.29, 1.82) is 0 Å². The zero-order chi connectivity index (χ0) is 74.0. The summed E-state index contributed by atoms with van der Waals surface area (Å²) in [6.45, 7) is 9.41. The Morgan fingerprint density at radius 1 is 0.306 bits per heavy atom. The SMILES string of the molecule is Brc1cccc(-c2nc(-c3ccc4ccccc4c3)c3oc4ccccc4c3n2)c1.CC1(C)c2ccccc2-c2c1ccc1cc3c(cc21)Cc1ccccc1-3.CC1(C)c2ccccc2-c2c1ccc1cc3c4ccccc4n(-c4cccc(-c5nc(-c6ccc7ccccc7c6)c6oc7ccccc7c6n5)c4)c3cc21. The number of aromatic nitrogens is 5. The highest BCUT2D eigenvalue weighted by molar-refractivity contribution is 9.10. The summed E-state index contributed by atoms with van der Waals surface area (Å²) in [5.74, 6) is 1.34. The molecule has 24 rings (SSSR count). The molecular formula is C103H68BrN5O2. The highest BCUT2D eigenvalue weighted by atomic mass is 79.9. The zero-order valence-corrected chi connectivity index (χ0v) is 62.9. The highest BCUT2D eigenvalue weighted by Crippen LogP contribution is 2.55. The van der Waals surface area contributed by atoms with Gasteiger partial charge in [0, 0.05) is 64.8 Å². The fraction of sp³-hybridized carbons (Fsp3) is 0.0680. The molecular weight excluding hydrogens is 1420 g/mol. The molecule has 16 aromatic carbocycles. The Labute approximate surface area is 648 Å². The second-order valence-electron chi connectivity index (χ2n) is 30.9. The first kappa shape index (κ1) is 64.7. The summed E-state index contributed by atoms with van der Waals surface area (Å²) in [6, 6.07) is 117. The molecule has 0 saturated heterocycles. The molecule has 3 aliphatic carbocycles. The lowest BCUT2D eigenvalue weighted by molar-refractivity contribution is 0.660. The van der Waals surface area contributed by atoms with Crippen LogP contribution in [0.25, 0.3) is 193 Å². The van der Waals surface area contributed by atoms with Crippen LogP contribution in [0.15, 0.2) is 341 Å². The lowest BCUT2D eigenvalue weighted by Crippen LogP contribution is -2.14. The van der Waals surface area contributed by atoms with Gasteiger partial charge in [-0.25, -0.2) is 19.9 Å². The third-order valence-corrected chi connectivity index (χ3v) is 24.3. The summed E-state index contributed by atoms with van der Waals surface area (Å²) in [7, 11) is 0. The third-order valence-electron chi connectivity index (χ3n) is 23.8. The molecule has 0 bridgehead atoms. The van der Waals surface area contributed by atoms with Gasteiger partial charge in [-0.3, -0.25) is 0 Å². The molecule has 111 heavy (non-hydrogen) atoms. The Bertz CT molecular complexity index is 7540. The molecule has 3 aliphatic rings. The van der Waals surface area contributed by atoms with Gasteiger partial charge in [0.1, 0.15) is 33.6 Å². The first-order valence-corrected chi connectivity index (χ1v) is 38.8. The second-order valence-corrected chi connectivity index (χ2v) is 31.8. The monoisotopic (exact) mass is 1490 g/mol. The van der Waals surface area contributed by atoms with Gasteiger partial charge < -0.3 is 13.4 Å². The van der Waals surface area contributed by atoms with Crippen molar-refractivity contribution in [1.82, 2.24) is 24.5 Å². The predicted octanol–water partition coefficient (Wildman–Crippen LogP) is 27.8. The minimum atomic E-state index is -0.0662. The van der Waals surface area contributed by atoms with Crippen LogP contribution in [-0.4, -0.2) is 24.5 Å². The van der Waals surface area contributed by atoms with Gasteiger partial charge in [0.2, 0.25) is 0 Å². The normalized spacial score (nSPS) is 13.4. The molecule has 0 aliphatic heterocycles. The summed E-state index contributed by atoms with van der Waals surface area (Å²) >= 11 is 3.56. The standard InChI is InChI=1S/C51H33N3O.C26H15BrN2O.C26H20/c1-51(2)41-19-8-5-17-37(41)46-39-29-44-40(28-32(39)24-25-42(46)51)36-16-6-9-20-43(36)54(44)35-15-11-14-34(27-35)50-52-47(33-23-22-30-12-3-4-13-31(30)26-33)49-48(53-50)38-18-7-10-21-45(38)55-49;27-20-9-5-8-19(15-20)26-28-23(18-13-12-16-6-1-2-7-17(16)14-18)25-24(29-26)21-10-3-4-11-22(21)30-25;1-26(2)23-10-6-5-9-20(23)25-22-15-18-13-16-7-3-4-8-19(16)21(18)14-17(22)11-12-24(25)26/h3-29H,1-2H3;1-15H;3-12,14-15H,13H2,1-2H3. The van der Waals surface area contributed by atoms with E-state index in [-0.39, 0.29) is 10.8 Å². The molecule has 0 radical (unpaired) electrons. The smallest absolute Gasteiger partial charge is 0.180 e. The molecule has 21 aromatic rings. The minimum Gasteiger partial charge on any atom is -0.452 e. The Balaban J connectivity index is 0.000000113. The molecule has 0 atom stereocenters. The van der Waals surface area contributed by atoms with Gasteiger partial charge in [0.15, 0.2) is 22.8 Å². The Morgan fingerprint density at radius 2 is 0.793 bits per heavy atom. The number of nitrogens with zero attached hydrogens (tertiary/aromatic N) is 5. The third kappa shape index (κ3) is 10.2. The van der Waals surface area contributed by atoms with E-state index in [9.17, 15) is 0 Å². The minimum absolute atomic E-state index is 0.0662. The summed E-state index contributed by atoms with van der Waals surface area (Å²) in [5.41, 5.74) is 30.5. The molecule has 5 aromatic heterocycles. The van der Waals surface area contributed by atoms with Crippen molar-refractivity contribution in [3.8, 4) is 84.4 Å². The first-order chi connectivity index (χ1) is 54.4. The molecule has 8 heteroatoms. The van der Waals surface area contributed by atoms with Crippen LogP contribution in [-0.2, 0) is 17.3 Å². The molecule has 0 N–H and O–H groups in total. The van der Waals surface area contributed by atoms with Gasteiger partial charge in [-0.05, 0) is 207 Å². The summed E-state index contributed by atoms with van der Waals surface area (Å²) in [5, 5.41) is 14.4. The van der Waals surface area contributed by atoms with Gasteiger partial charge in [-0.15, -0.1) is 0 Å². The maximum Gasteiger partial charge on any atom is 0.180 e. The molecule has 0 spiro atoms. The lowest BCUT2D eigenvalue weighted by Gasteiger charge is -2.21. The van der Waals surface area contributed by atoms with Crippen LogP contribution in [0.4, 0.5) is 0 Å². The molecule has 0 fully saturated rings. The Morgan fingerprint density at radius 3 is 1.40 bits per heavy atom. The van der Waals surface area contributed by atoms with Gasteiger partial charge in [-0.1, -0.05) is 280 Å². The topological polar surface area (TPSA) is 82.8 Å². The summed E-state index contributed by atoms with van der Waals surface area (Å²) < 4.78 is 16.1. The van der Waals surface area contributed by atoms with Crippen molar-refractivity contribution in [2.24, 2.45) is 0 Å². The van der Waals surface area contributed by atoms with E-state index in [1.807, 2.05) is 66.7 Å². The van der Waals surface area contributed by atoms with E-state index in [1.165, 1.54) is 121 Å². The highest BCUT2D eigenvalue weighted by Gasteiger charge is 2.38. The maximum absolute atomic E-state index is 6.49. The molecule has 524 valence electrons. The van der Waals surface area contributed by atoms with Crippen LogP contribution in [0.3, 0.4) is 0 Å². The van der Waals surface area contributed by atoms with Gasteiger partial charge in [-0.2, -0.15) is 0 Å². The number of rotatable bonds is 5. The van der Waals surface area contributed by atoms with E-state index < -0.39 is 0 Å². The van der Waals surface area contributed by atoms with Gasteiger partial charge in [0.25, 0.3) is 0 Å². The quantitative estimate of drug-likeness (QED) is 0.171. The van der Waals surface area contributed by atoms with E-state index in [4.69, 9.17) is 28.8 Å². The number of benzene rings is 16. The van der Waals surface area contributed by atoms with Crippen LogP contribution in [0, 0.1) is 0 Å². The Hall–Kier alpha value is -13.4. The second kappa shape index (κ2) is 24.8. The number of fused-ring (bicyclic) bond motifs is 24. The van der Waals surface area contributed by atoms with E-state index in [0.717, 1.165) is 94.1 Å². The van der Waals surface area contributed by atoms with Crippen LogP contribution < -0.4 is 0 Å². The summed E-state index contributed by atoms with van der Waals surface area (Å²) in [4.78, 5) is 20.4. The predicted molar refractivity (Wildman–Crippen MR) is 462 cm³/mol. The van der Waals surface area contributed by atoms with E-state index in [1.54, 1.807) is 0 Å². The first-order valence-electron chi connectivity index (χ1n) is 38.0. The van der Waals surface area contributed by atoms with Crippen molar-refractivity contribution in [3.05, 3.63) is 365 Å². The molecule has 0 amide bonds. The number of hydrogen-bond donors (Lipinski definition) is 0. The number of para-hydroxylation sites is 3. The van der Waals surface area contributed by atoms with Crippen molar-refractivity contribution in [2.75, 3.05) is 0 Å². The zero-order valence-electron chi connectivity index (χ0n) is 61.3. The van der Waals surface area contributed by atoms with E-state index in [0.29, 0.717) is 22.8 Å². The number of halogens is 1. The van der Waals surface area contributed by atoms with Crippen LogP contribution in [0.5, 0.6) is 0 Å². The fourth-order valence-electron chi connectivity index (χ4n) is 18.3. The van der Waals surface area contributed by atoms with Gasteiger partial charge >= 0.3 is 0 Å². The maximum atomic E-state index is 6.49. The van der Waals surface area contributed by atoms with Crippen molar-refractivity contribution in [3.63, 3.8) is 0 Å². The number of furan rings is 2. The average Bonchev–Trinajstić information content (AvgIpc) is 1.56. The molecule has 5 heterocycles. The number of hydrogen-bond acceptors (Lipinski definition) is 6.